The Bertz CT molecular complexity index is 1400. The number of carbonyl (C=O) groups is 2. The molecule has 8 heteroatoms. The summed E-state index contributed by atoms with van der Waals surface area (Å²) in [6.07, 6.45) is 1.77. The second kappa shape index (κ2) is 8.62. The number of pyridine rings is 1. The molecular weight excluding hydrogens is 430 g/mol. The minimum absolute atomic E-state index is 0.0994. The van der Waals surface area contributed by atoms with Gasteiger partial charge in [0.25, 0.3) is 0 Å². The highest BCUT2D eigenvalue weighted by Crippen LogP contribution is 2.34. The summed E-state index contributed by atoms with van der Waals surface area (Å²) in [7, 11) is 1.57. The zero-order valence-electron chi connectivity index (χ0n) is 19.3. The van der Waals surface area contributed by atoms with Gasteiger partial charge in [-0.2, -0.15) is 5.10 Å². The largest absolute Gasteiger partial charge is 0.495 e. The lowest BCUT2D eigenvalue weighted by molar-refractivity contribution is -0.122. The van der Waals surface area contributed by atoms with Gasteiger partial charge in [-0.15, -0.1) is 0 Å². The lowest BCUT2D eigenvalue weighted by Gasteiger charge is -2.20. The number of anilines is 2. The van der Waals surface area contributed by atoms with Crippen molar-refractivity contribution in [3.05, 3.63) is 72.1 Å². The van der Waals surface area contributed by atoms with E-state index in [4.69, 9.17) is 4.74 Å². The summed E-state index contributed by atoms with van der Waals surface area (Å²) in [6, 6.07) is 17.3. The van der Waals surface area contributed by atoms with E-state index in [1.807, 2.05) is 68.4 Å². The Morgan fingerprint density at radius 2 is 1.91 bits per heavy atom. The van der Waals surface area contributed by atoms with Crippen molar-refractivity contribution in [3.8, 4) is 11.4 Å². The van der Waals surface area contributed by atoms with E-state index in [0.29, 0.717) is 23.7 Å². The molecule has 2 aromatic heterocycles. The van der Waals surface area contributed by atoms with Gasteiger partial charge in [0.15, 0.2) is 5.65 Å². The normalized spacial score (nSPS) is 15.7. The number of hydrogen-bond donors (Lipinski definition) is 1. The van der Waals surface area contributed by atoms with Crippen molar-refractivity contribution >= 4 is 34.2 Å². The number of benzene rings is 2. The molecule has 1 aliphatic heterocycles. The summed E-state index contributed by atoms with van der Waals surface area (Å²) < 4.78 is 7.22. The summed E-state index contributed by atoms with van der Waals surface area (Å²) in [5.74, 6) is -0.170. The van der Waals surface area contributed by atoms with Crippen LogP contribution in [-0.2, 0) is 9.59 Å². The van der Waals surface area contributed by atoms with Crippen molar-refractivity contribution in [2.24, 2.45) is 5.92 Å². The Balaban J connectivity index is 1.36. The molecule has 1 unspecified atom stereocenters. The number of nitrogens with zero attached hydrogens (tertiary/aromatic N) is 4. The number of carbonyl (C=O) groups excluding carboxylic acids is 2. The number of rotatable bonds is 5. The van der Waals surface area contributed by atoms with Gasteiger partial charge in [0.2, 0.25) is 11.8 Å². The van der Waals surface area contributed by atoms with Gasteiger partial charge < -0.3 is 15.0 Å². The monoisotopic (exact) mass is 455 g/mol. The van der Waals surface area contributed by atoms with Gasteiger partial charge in [-0.3, -0.25) is 9.59 Å². The number of aryl methyl sites for hydroxylation is 2. The number of aromatic nitrogens is 3. The zero-order chi connectivity index (χ0) is 23.8. The van der Waals surface area contributed by atoms with Crippen LogP contribution in [0.4, 0.5) is 11.4 Å². The number of ether oxygens (including phenoxy) is 1. The van der Waals surface area contributed by atoms with Gasteiger partial charge in [0.1, 0.15) is 5.75 Å². The molecule has 8 nitrogen and oxygen atoms in total. The summed E-state index contributed by atoms with van der Waals surface area (Å²) in [5, 5.41) is 8.41. The maximum absolute atomic E-state index is 13.0. The highest BCUT2D eigenvalue weighted by atomic mass is 16.5. The molecule has 1 saturated heterocycles. The van der Waals surface area contributed by atoms with Crippen LogP contribution in [0.15, 0.2) is 60.8 Å². The third-order valence-electron chi connectivity index (χ3n) is 6.10. The molecule has 4 aromatic rings. The highest BCUT2D eigenvalue weighted by molar-refractivity contribution is 6.04. The molecular formula is C26H25N5O3. The second-order valence-corrected chi connectivity index (χ2v) is 8.50. The van der Waals surface area contributed by atoms with Gasteiger partial charge in [-0.1, -0.05) is 24.3 Å². The van der Waals surface area contributed by atoms with Gasteiger partial charge >= 0.3 is 0 Å². The van der Waals surface area contributed by atoms with Crippen LogP contribution in [-0.4, -0.2) is 40.2 Å². The standard InChI is InChI=1S/C26H25N5O3/c1-16-9-10-23(34-3)22(11-16)30-15-18(12-24(30)32)26(33)28-19-13-21-17(2)29-31(25(21)27-14-19)20-7-5-4-6-8-20/h4-11,13-14,18H,12,15H2,1-3H3,(H,28,33). The van der Waals surface area contributed by atoms with Crippen molar-refractivity contribution in [1.82, 2.24) is 14.8 Å². The third kappa shape index (κ3) is 3.87. The van der Waals surface area contributed by atoms with Crippen LogP contribution in [0.2, 0.25) is 0 Å². The van der Waals surface area contributed by atoms with Gasteiger partial charge in [-0.25, -0.2) is 9.67 Å². The fourth-order valence-electron chi connectivity index (χ4n) is 4.33. The molecule has 1 N–H and O–H groups in total. The summed E-state index contributed by atoms with van der Waals surface area (Å²) in [5.41, 5.74) is 4.73. The maximum atomic E-state index is 13.0. The molecule has 3 heterocycles. The highest BCUT2D eigenvalue weighted by Gasteiger charge is 2.36. The van der Waals surface area contributed by atoms with Crippen LogP contribution >= 0.6 is 0 Å². The minimum Gasteiger partial charge on any atom is -0.495 e. The Morgan fingerprint density at radius 3 is 2.68 bits per heavy atom. The molecule has 0 radical (unpaired) electrons. The number of amides is 2. The molecule has 0 aliphatic carbocycles. The van der Waals surface area contributed by atoms with Crippen LogP contribution in [0.25, 0.3) is 16.7 Å². The number of nitrogens with one attached hydrogen (secondary N) is 1. The fourth-order valence-corrected chi connectivity index (χ4v) is 4.33. The number of methoxy groups -OCH3 is 1. The van der Waals surface area contributed by atoms with Crippen molar-refractivity contribution in [3.63, 3.8) is 0 Å². The molecule has 0 bridgehead atoms. The average molecular weight is 456 g/mol. The van der Waals surface area contributed by atoms with E-state index < -0.39 is 5.92 Å². The lowest BCUT2D eigenvalue weighted by Crippen LogP contribution is -2.28. The Hall–Kier alpha value is -4.20. The molecule has 0 spiro atoms. The molecule has 2 amide bonds. The van der Waals surface area contributed by atoms with E-state index in [1.54, 1.807) is 22.9 Å². The minimum atomic E-state index is -0.471. The molecule has 1 fully saturated rings. The first kappa shape index (κ1) is 21.6. The Morgan fingerprint density at radius 1 is 1.12 bits per heavy atom. The van der Waals surface area contributed by atoms with Gasteiger partial charge in [0.05, 0.1) is 42.0 Å². The van der Waals surface area contributed by atoms with Crippen molar-refractivity contribution < 1.29 is 14.3 Å². The van der Waals surface area contributed by atoms with Crippen LogP contribution in [0, 0.1) is 19.8 Å². The summed E-state index contributed by atoms with van der Waals surface area (Å²) in [6.45, 7) is 4.17. The SMILES string of the molecule is COc1ccc(C)cc1N1CC(C(=O)Nc2cnc3c(c2)c(C)nn3-c2ccccc2)CC1=O. The van der Waals surface area contributed by atoms with E-state index >= 15 is 0 Å². The quantitative estimate of drug-likeness (QED) is 0.491. The Kier molecular flexibility index (Phi) is 5.49. The zero-order valence-corrected chi connectivity index (χ0v) is 19.3. The van der Waals surface area contributed by atoms with Crippen molar-refractivity contribution in [2.45, 2.75) is 20.3 Å². The van der Waals surface area contributed by atoms with Gasteiger partial charge in [0, 0.05) is 18.4 Å². The molecule has 34 heavy (non-hydrogen) atoms. The number of hydrogen-bond acceptors (Lipinski definition) is 5. The van der Waals surface area contributed by atoms with Crippen LogP contribution < -0.4 is 15.0 Å². The van der Waals surface area contributed by atoms with Crippen molar-refractivity contribution in [2.75, 3.05) is 23.9 Å². The predicted molar refractivity (Wildman–Crippen MR) is 130 cm³/mol. The van der Waals surface area contributed by atoms with Crippen LogP contribution in [0.1, 0.15) is 17.7 Å². The fraction of sp³-hybridized carbons (Fsp3) is 0.231. The number of para-hydroxylation sites is 1. The maximum Gasteiger partial charge on any atom is 0.229 e. The molecule has 172 valence electrons. The first-order valence-corrected chi connectivity index (χ1v) is 11.1. The summed E-state index contributed by atoms with van der Waals surface area (Å²) >= 11 is 0. The lowest BCUT2D eigenvalue weighted by atomic mass is 10.1. The summed E-state index contributed by atoms with van der Waals surface area (Å²) in [4.78, 5) is 32.0. The van der Waals surface area contributed by atoms with E-state index in [0.717, 1.165) is 28.0 Å². The van der Waals surface area contributed by atoms with E-state index in [2.05, 4.69) is 15.4 Å². The van der Waals surface area contributed by atoms with E-state index in [-0.39, 0.29) is 18.2 Å². The third-order valence-corrected chi connectivity index (χ3v) is 6.10. The second-order valence-electron chi connectivity index (χ2n) is 8.50. The average Bonchev–Trinajstić information content (AvgIpc) is 3.39. The predicted octanol–water partition coefficient (Wildman–Crippen LogP) is 4.04. The van der Waals surface area contributed by atoms with Gasteiger partial charge in [-0.05, 0) is 49.7 Å². The topological polar surface area (TPSA) is 89.3 Å². The van der Waals surface area contributed by atoms with E-state index in [9.17, 15) is 9.59 Å². The van der Waals surface area contributed by atoms with Crippen LogP contribution in [0.3, 0.4) is 0 Å². The molecule has 2 aromatic carbocycles. The molecule has 1 atom stereocenters. The molecule has 0 saturated carbocycles. The first-order valence-electron chi connectivity index (χ1n) is 11.1. The Labute approximate surface area is 197 Å². The van der Waals surface area contributed by atoms with E-state index in [1.165, 1.54) is 0 Å². The van der Waals surface area contributed by atoms with Crippen molar-refractivity contribution in [1.29, 1.82) is 0 Å². The first-order chi connectivity index (χ1) is 16.4. The number of fused-ring (bicyclic) bond motifs is 1. The smallest absolute Gasteiger partial charge is 0.229 e. The molecule has 1 aliphatic rings. The van der Waals surface area contributed by atoms with Crippen LogP contribution in [0.5, 0.6) is 5.75 Å². The molecule has 5 rings (SSSR count).